The molecule has 3 rings (SSSR count). The van der Waals surface area contributed by atoms with Gasteiger partial charge in [0, 0.05) is 3.57 Å². The molecule has 0 unspecified atom stereocenters. The molecule has 0 amide bonds. The monoisotopic (exact) mass is 377 g/mol. The lowest BCUT2D eigenvalue weighted by Crippen LogP contribution is -2.44. The second-order valence-electron chi connectivity index (χ2n) is 4.41. The van der Waals surface area contributed by atoms with E-state index in [-0.39, 0.29) is 17.9 Å². The van der Waals surface area contributed by atoms with Crippen molar-refractivity contribution >= 4 is 35.0 Å². The molecule has 4 nitrogen and oxygen atoms in total. The molecule has 2 N–H and O–H groups in total. The second-order valence-corrected chi connectivity index (χ2v) is 5.57. The largest absolute Gasteiger partial charge is 0.334 e. The number of hydrogen-bond donors (Lipinski definition) is 1. The summed E-state index contributed by atoms with van der Waals surface area (Å²) in [6, 6.07) is 7.94. The molecule has 1 heterocycles. The van der Waals surface area contributed by atoms with Crippen molar-refractivity contribution in [1.29, 1.82) is 0 Å². The average Bonchev–Trinajstić information content (AvgIpc) is 2.76. The fourth-order valence-electron chi connectivity index (χ4n) is 1.95. The number of halogens is 2. The molecule has 1 aliphatic carbocycles. The lowest BCUT2D eigenvalue weighted by molar-refractivity contribution is 0.229. The summed E-state index contributed by atoms with van der Waals surface area (Å²) in [5, 5.41) is 4.01. The van der Waals surface area contributed by atoms with Crippen molar-refractivity contribution in [3.8, 4) is 11.5 Å². The van der Waals surface area contributed by atoms with Gasteiger partial charge < -0.3 is 10.3 Å². The van der Waals surface area contributed by atoms with Crippen LogP contribution in [0.4, 0.5) is 0 Å². The average molecular weight is 378 g/mol. The van der Waals surface area contributed by atoms with Crippen LogP contribution >= 0.6 is 35.0 Å². The zero-order valence-corrected chi connectivity index (χ0v) is 12.6. The third kappa shape index (κ3) is 2.26. The Hall–Kier alpha value is -0.660. The van der Waals surface area contributed by atoms with Crippen molar-refractivity contribution in [2.45, 2.75) is 24.8 Å². The molecule has 1 saturated carbocycles. The molecule has 1 aliphatic rings. The van der Waals surface area contributed by atoms with Gasteiger partial charge in [0.25, 0.3) is 5.89 Å². The number of benzene rings is 1. The normalized spacial score (nSPS) is 16.8. The number of aromatic nitrogens is 2. The SMILES string of the molecule is Cl.NC1(c2noc(-c3ccccc3I)n2)CCC1. The van der Waals surface area contributed by atoms with Crippen LogP contribution in [0.3, 0.4) is 0 Å². The van der Waals surface area contributed by atoms with Crippen LogP contribution in [0.2, 0.25) is 0 Å². The van der Waals surface area contributed by atoms with Gasteiger partial charge in [-0.1, -0.05) is 17.3 Å². The molecule has 2 aromatic rings. The summed E-state index contributed by atoms with van der Waals surface area (Å²) < 4.78 is 6.40. The zero-order chi connectivity index (χ0) is 11.9. The minimum absolute atomic E-state index is 0. The maximum absolute atomic E-state index is 6.17. The van der Waals surface area contributed by atoms with E-state index in [1.165, 1.54) is 0 Å². The van der Waals surface area contributed by atoms with Gasteiger partial charge in [0.1, 0.15) is 0 Å². The molecule has 0 saturated heterocycles. The standard InChI is InChI=1S/C12H12IN3O.ClH/c13-9-5-2-1-4-8(9)10-15-11(16-17-10)12(14)6-3-7-12;/h1-2,4-5H,3,6-7,14H2;1H. The van der Waals surface area contributed by atoms with E-state index in [1.807, 2.05) is 24.3 Å². The highest BCUT2D eigenvalue weighted by atomic mass is 127. The highest BCUT2D eigenvalue weighted by molar-refractivity contribution is 14.1. The van der Waals surface area contributed by atoms with E-state index in [2.05, 4.69) is 32.7 Å². The molecule has 18 heavy (non-hydrogen) atoms. The topological polar surface area (TPSA) is 64.9 Å². The third-order valence-electron chi connectivity index (χ3n) is 3.22. The molecular formula is C12H13ClIN3O. The summed E-state index contributed by atoms with van der Waals surface area (Å²) in [5.41, 5.74) is 6.77. The van der Waals surface area contributed by atoms with Crippen molar-refractivity contribution in [3.63, 3.8) is 0 Å². The Bertz CT molecular complexity index is 554. The van der Waals surface area contributed by atoms with Crippen molar-refractivity contribution in [3.05, 3.63) is 33.7 Å². The first-order valence-electron chi connectivity index (χ1n) is 5.57. The van der Waals surface area contributed by atoms with Crippen LogP contribution in [0.1, 0.15) is 25.1 Å². The molecular weight excluding hydrogens is 365 g/mol. The van der Waals surface area contributed by atoms with Crippen molar-refractivity contribution in [2.75, 3.05) is 0 Å². The first-order chi connectivity index (χ1) is 8.19. The van der Waals surface area contributed by atoms with Crippen LogP contribution in [-0.2, 0) is 5.54 Å². The minimum Gasteiger partial charge on any atom is -0.334 e. The van der Waals surface area contributed by atoms with Gasteiger partial charge >= 0.3 is 0 Å². The summed E-state index contributed by atoms with van der Waals surface area (Å²) in [4.78, 5) is 4.43. The number of nitrogens with two attached hydrogens (primary N) is 1. The highest BCUT2D eigenvalue weighted by Gasteiger charge is 2.39. The smallest absolute Gasteiger partial charge is 0.259 e. The summed E-state index contributed by atoms with van der Waals surface area (Å²) in [6.07, 6.45) is 3.03. The Morgan fingerprint density at radius 3 is 2.61 bits per heavy atom. The highest BCUT2D eigenvalue weighted by Crippen LogP contribution is 2.37. The molecule has 0 atom stereocenters. The van der Waals surface area contributed by atoms with Gasteiger partial charge in [-0.25, -0.2) is 0 Å². The van der Waals surface area contributed by atoms with Crippen molar-refractivity contribution in [2.24, 2.45) is 5.73 Å². The molecule has 0 bridgehead atoms. The van der Waals surface area contributed by atoms with Crippen LogP contribution in [0.5, 0.6) is 0 Å². The lowest BCUT2D eigenvalue weighted by atomic mass is 9.77. The van der Waals surface area contributed by atoms with Gasteiger partial charge in [-0.05, 0) is 54.0 Å². The van der Waals surface area contributed by atoms with E-state index >= 15 is 0 Å². The van der Waals surface area contributed by atoms with E-state index in [0.29, 0.717) is 11.7 Å². The molecule has 0 aliphatic heterocycles. The van der Waals surface area contributed by atoms with Gasteiger partial charge in [-0.2, -0.15) is 4.98 Å². The first kappa shape index (κ1) is 13.8. The number of rotatable bonds is 2. The summed E-state index contributed by atoms with van der Waals surface area (Å²) in [5.74, 6) is 1.19. The van der Waals surface area contributed by atoms with Crippen LogP contribution in [-0.4, -0.2) is 10.1 Å². The van der Waals surface area contributed by atoms with E-state index < -0.39 is 0 Å². The van der Waals surface area contributed by atoms with Crippen LogP contribution in [0.15, 0.2) is 28.8 Å². The molecule has 1 fully saturated rings. The molecule has 1 aromatic heterocycles. The zero-order valence-electron chi connectivity index (χ0n) is 9.60. The lowest BCUT2D eigenvalue weighted by Gasteiger charge is -2.34. The fraction of sp³-hybridized carbons (Fsp3) is 0.333. The van der Waals surface area contributed by atoms with E-state index in [4.69, 9.17) is 10.3 Å². The third-order valence-corrected chi connectivity index (χ3v) is 4.16. The summed E-state index contributed by atoms with van der Waals surface area (Å²) in [6.45, 7) is 0. The van der Waals surface area contributed by atoms with Crippen molar-refractivity contribution in [1.82, 2.24) is 10.1 Å². The quantitative estimate of drug-likeness (QED) is 0.817. The fourth-order valence-corrected chi connectivity index (χ4v) is 2.57. The molecule has 1 aromatic carbocycles. The van der Waals surface area contributed by atoms with Gasteiger partial charge in [0.2, 0.25) is 0 Å². The minimum atomic E-state index is -0.359. The van der Waals surface area contributed by atoms with E-state index in [0.717, 1.165) is 28.4 Å². The maximum atomic E-state index is 6.17. The molecule has 0 spiro atoms. The Morgan fingerprint density at radius 2 is 2.00 bits per heavy atom. The Morgan fingerprint density at radius 1 is 1.28 bits per heavy atom. The first-order valence-corrected chi connectivity index (χ1v) is 6.65. The molecule has 96 valence electrons. The maximum Gasteiger partial charge on any atom is 0.259 e. The van der Waals surface area contributed by atoms with Crippen LogP contribution in [0.25, 0.3) is 11.5 Å². The van der Waals surface area contributed by atoms with Crippen LogP contribution < -0.4 is 5.73 Å². The Kier molecular flexibility index (Phi) is 3.93. The second kappa shape index (κ2) is 5.14. The van der Waals surface area contributed by atoms with Crippen LogP contribution in [0, 0.1) is 3.57 Å². The van der Waals surface area contributed by atoms with Gasteiger partial charge in [0.05, 0.1) is 11.1 Å². The van der Waals surface area contributed by atoms with Gasteiger partial charge in [0.15, 0.2) is 5.82 Å². The molecule has 6 heteroatoms. The Balaban J connectivity index is 0.00000120. The van der Waals surface area contributed by atoms with Gasteiger partial charge in [-0.15, -0.1) is 12.4 Å². The van der Waals surface area contributed by atoms with Gasteiger partial charge in [-0.3, -0.25) is 0 Å². The molecule has 0 radical (unpaired) electrons. The summed E-state index contributed by atoms with van der Waals surface area (Å²) >= 11 is 2.26. The van der Waals surface area contributed by atoms with E-state index in [1.54, 1.807) is 0 Å². The predicted molar refractivity (Wildman–Crippen MR) is 79.4 cm³/mol. The van der Waals surface area contributed by atoms with Crippen molar-refractivity contribution < 1.29 is 4.52 Å². The van der Waals surface area contributed by atoms with E-state index in [9.17, 15) is 0 Å². The Labute approximate surface area is 125 Å². The predicted octanol–water partition coefficient (Wildman–Crippen LogP) is 3.10. The number of hydrogen-bond acceptors (Lipinski definition) is 4. The summed E-state index contributed by atoms with van der Waals surface area (Å²) in [7, 11) is 0. The number of nitrogens with zero attached hydrogens (tertiary/aromatic N) is 2.